The first-order valence-electron chi connectivity index (χ1n) is 4.65. The molecule has 1 aliphatic heterocycles. The second-order valence-corrected chi connectivity index (χ2v) is 4.75. The molecule has 0 aliphatic carbocycles. The molecule has 1 saturated heterocycles. The molecule has 0 saturated carbocycles. The van der Waals surface area contributed by atoms with Crippen LogP contribution < -0.4 is 10.6 Å². The molecular formula is C9H13N3OS. The van der Waals surface area contributed by atoms with Crippen LogP contribution in [0.1, 0.15) is 16.3 Å². The van der Waals surface area contributed by atoms with Crippen LogP contribution in [0.25, 0.3) is 0 Å². The first-order valence-corrected chi connectivity index (χ1v) is 5.47. The fraction of sp³-hybridized carbons (Fsp3) is 0.556. The zero-order valence-corrected chi connectivity index (χ0v) is 8.86. The van der Waals surface area contributed by atoms with Crippen molar-refractivity contribution >= 4 is 17.2 Å². The zero-order valence-electron chi connectivity index (χ0n) is 8.04. The minimum absolute atomic E-state index is 0.142. The van der Waals surface area contributed by atoms with E-state index in [4.69, 9.17) is 0 Å². The molecule has 4 nitrogen and oxygen atoms in total. The lowest BCUT2D eigenvalue weighted by Crippen LogP contribution is -2.30. The van der Waals surface area contributed by atoms with E-state index in [-0.39, 0.29) is 11.9 Å². The Labute approximate surface area is 86.7 Å². The van der Waals surface area contributed by atoms with E-state index in [1.54, 1.807) is 11.3 Å². The smallest absolute Gasteiger partial charge is 0.221 e. The molecule has 1 aliphatic rings. The van der Waals surface area contributed by atoms with Crippen LogP contribution in [0.5, 0.6) is 0 Å². The predicted octanol–water partition coefficient (Wildman–Crippen LogP) is 0.430. The highest BCUT2D eigenvalue weighted by Gasteiger charge is 2.20. The van der Waals surface area contributed by atoms with Gasteiger partial charge in [0.15, 0.2) is 0 Å². The molecule has 0 aromatic carbocycles. The van der Waals surface area contributed by atoms with Gasteiger partial charge in [0.25, 0.3) is 0 Å². The van der Waals surface area contributed by atoms with Gasteiger partial charge in [0.1, 0.15) is 0 Å². The van der Waals surface area contributed by atoms with E-state index in [2.05, 4.69) is 15.6 Å². The second kappa shape index (κ2) is 4.06. The number of nitrogens with one attached hydrogen (secondary N) is 2. The van der Waals surface area contributed by atoms with Crippen molar-refractivity contribution in [2.45, 2.75) is 25.9 Å². The van der Waals surface area contributed by atoms with Crippen LogP contribution in [0.4, 0.5) is 0 Å². The van der Waals surface area contributed by atoms with Crippen molar-refractivity contribution in [3.8, 4) is 0 Å². The molecule has 76 valence electrons. The van der Waals surface area contributed by atoms with Crippen LogP contribution in [-0.4, -0.2) is 23.5 Å². The third kappa shape index (κ3) is 2.30. The lowest BCUT2D eigenvalue weighted by Gasteiger charge is -2.07. The molecule has 2 rings (SSSR count). The summed E-state index contributed by atoms with van der Waals surface area (Å²) in [6, 6.07) is 0.282. The van der Waals surface area contributed by atoms with E-state index < -0.39 is 0 Å². The van der Waals surface area contributed by atoms with Crippen molar-refractivity contribution < 1.29 is 4.79 Å². The molecule has 2 N–H and O–H groups in total. The number of hydrogen-bond acceptors (Lipinski definition) is 4. The van der Waals surface area contributed by atoms with E-state index in [1.165, 1.54) is 4.88 Å². The summed E-state index contributed by atoms with van der Waals surface area (Å²) in [5, 5.41) is 7.21. The van der Waals surface area contributed by atoms with Gasteiger partial charge in [0.05, 0.1) is 5.01 Å². The number of carbonyl (C=O) groups is 1. The highest BCUT2D eigenvalue weighted by Crippen LogP contribution is 2.11. The van der Waals surface area contributed by atoms with E-state index >= 15 is 0 Å². The number of thiazole rings is 1. The minimum atomic E-state index is 0.142. The fourth-order valence-electron chi connectivity index (χ4n) is 1.48. The first kappa shape index (κ1) is 9.61. The first-order chi connectivity index (χ1) is 6.74. The van der Waals surface area contributed by atoms with Gasteiger partial charge in [-0.25, -0.2) is 4.98 Å². The van der Waals surface area contributed by atoms with Gasteiger partial charge in [-0.3, -0.25) is 4.79 Å². The average Bonchev–Trinajstić information content (AvgIpc) is 2.72. The summed E-state index contributed by atoms with van der Waals surface area (Å²) in [7, 11) is 0. The summed E-state index contributed by atoms with van der Waals surface area (Å²) in [6.45, 7) is 3.55. The molecule has 1 aromatic rings. The molecule has 2 heterocycles. The van der Waals surface area contributed by atoms with Crippen molar-refractivity contribution in [1.82, 2.24) is 15.6 Å². The lowest BCUT2D eigenvalue weighted by atomic mass is 10.2. The molecule has 0 spiro atoms. The Morgan fingerprint density at radius 2 is 2.64 bits per heavy atom. The van der Waals surface area contributed by atoms with Crippen molar-refractivity contribution in [3.63, 3.8) is 0 Å². The van der Waals surface area contributed by atoms with Gasteiger partial charge >= 0.3 is 0 Å². The van der Waals surface area contributed by atoms with Crippen molar-refractivity contribution in [2.75, 3.05) is 6.54 Å². The lowest BCUT2D eigenvalue weighted by molar-refractivity contribution is -0.119. The number of amides is 1. The molecule has 1 amide bonds. The molecule has 1 aromatic heterocycles. The maximum atomic E-state index is 10.9. The van der Waals surface area contributed by atoms with Crippen LogP contribution >= 0.6 is 11.3 Å². The topological polar surface area (TPSA) is 54.0 Å². The SMILES string of the molecule is Cc1ncc(CNC2CNC(=O)C2)s1. The van der Waals surface area contributed by atoms with E-state index in [1.807, 2.05) is 13.1 Å². The molecule has 14 heavy (non-hydrogen) atoms. The summed E-state index contributed by atoms with van der Waals surface area (Å²) in [5.74, 6) is 0.142. The molecule has 0 bridgehead atoms. The second-order valence-electron chi connectivity index (χ2n) is 3.43. The quantitative estimate of drug-likeness (QED) is 0.762. The Kier molecular flexibility index (Phi) is 2.79. The number of hydrogen-bond donors (Lipinski definition) is 2. The number of aromatic nitrogens is 1. The summed E-state index contributed by atoms with van der Waals surface area (Å²) < 4.78 is 0. The molecule has 0 radical (unpaired) electrons. The van der Waals surface area contributed by atoms with Gasteiger partial charge < -0.3 is 10.6 Å². The number of carbonyl (C=O) groups excluding carboxylic acids is 1. The monoisotopic (exact) mass is 211 g/mol. The molecule has 5 heteroatoms. The van der Waals surface area contributed by atoms with E-state index in [9.17, 15) is 4.79 Å². The highest BCUT2D eigenvalue weighted by atomic mass is 32.1. The highest BCUT2D eigenvalue weighted by molar-refractivity contribution is 7.11. The third-order valence-corrected chi connectivity index (χ3v) is 3.12. The Morgan fingerprint density at radius 1 is 1.79 bits per heavy atom. The maximum absolute atomic E-state index is 10.9. The summed E-state index contributed by atoms with van der Waals surface area (Å²) in [5.41, 5.74) is 0. The molecular weight excluding hydrogens is 198 g/mol. The van der Waals surface area contributed by atoms with Gasteiger partial charge in [0.2, 0.25) is 5.91 Å². The summed E-state index contributed by atoms with van der Waals surface area (Å²) in [4.78, 5) is 16.3. The van der Waals surface area contributed by atoms with Gasteiger partial charge in [-0.1, -0.05) is 0 Å². The average molecular weight is 211 g/mol. The largest absolute Gasteiger partial charge is 0.354 e. The van der Waals surface area contributed by atoms with Crippen LogP contribution in [0.3, 0.4) is 0 Å². The Bertz CT molecular complexity index is 337. The zero-order chi connectivity index (χ0) is 9.97. The van der Waals surface area contributed by atoms with Gasteiger partial charge in [-0.15, -0.1) is 11.3 Å². The number of nitrogens with zero attached hydrogens (tertiary/aromatic N) is 1. The fourth-order valence-corrected chi connectivity index (χ4v) is 2.23. The van der Waals surface area contributed by atoms with Crippen LogP contribution in [-0.2, 0) is 11.3 Å². The van der Waals surface area contributed by atoms with Crippen molar-refractivity contribution in [2.24, 2.45) is 0 Å². The Morgan fingerprint density at radius 3 is 3.21 bits per heavy atom. The van der Waals surface area contributed by atoms with Gasteiger partial charge in [-0.05, 0) is 6.92 Å². The maximum Gasteiger partial charge on any atom is 0.221 e. The standard InChI is InChI=1S/C9H13N3OS/c1-6-10-4-8(14-6)5-11-7-2-9(13)12-3-7/h4,7,11H,2-3,5H2,1H3,(H,12,13). The molecule has 1 fully saturated rings. The molecule has 1 atom stereocenters. The van der Waals surface area contributed by atoms with E-state index in [0.29, 0.717) is 6.42 Å². The van der Waals surface area contributed by atoms with Crippen LogP contribution in [0.15, 0.2) is 6.20 Å². The number of aryl methyl sites for hydroxylation is 1. The summed E-state index contributed by atoms with van der Waals surface area (Å²) >= 11 is 1.69. The third-order valence-electron chi connectivity index (χ3n) is 2.21. The van der Waals surface area contributed by atoms with Crippen molar-refractivity contribution in [3.05, 3.63) is 16.1 Å². The van der Waals surface area contributed by atoms with Crippen LogP contribution in [0.2, 0.25) is 0 Å². The minimum Gasteiger partial charge on any atom is -0.354 e. The Balaban J connectivity index is 1.80. The van der Waals surface area contributed by atoms with Gasteiger partial charge in [-0.2, -0.15) is 0 Å². The van der Waals surface area contributed by atoms with E-state index in [0.717, 1.165) is 18.1 Å². The summed E-state index contributed by atoms with van der Waals surface area (Å²) in [6.07, 6.45) is 2.48. The van der Waals surface area contributed by atoms with Crippen LogP contribution in [0, 0.1) is 6.92 Å². The Hall–Kier alpha value is -0.940. The van der Waals surface area contributed by atoms with Gasteiger partial charge in [0, 0.05) is 36.6 Å². The van der Waals surface area contributed by atoms with Crippen molar-refractivity contribution in [1.29, 1.82) is 0 Å². The predicted molar refractivity (Wildman–Crippen MR) is 55.1 cm³/mol. The molecule has 1 unspecified atom stereocenters. The normalized spacial score (nSPS) is 21.2. The number of rotatable bonds is 3.